The fraction of sp³-hybridized carbons (Fsp3) is 0.0476. The van der Waals surface area contributed by atoms with Gasteiger partial charge in [0.15, 0.2) is 5.70 Å². The first-order valence-electron chi connectivity index (χ1n) is 9.66. The number of allylic oxidation sites excluding steroid dienone is 1. The number of carbonyl (C=O) groups is 2. The Kier molecular flexibility index (Phi) is 7.21. The van der Waals surface area contributed by atoms with Crippen molar-refractivity contribution < 1.29 is 45.7 Å². The Morgan fingerprint density at radius 3 is 2.14 bits per heavy atom. The lowest BCUT2D eigenvalue weighted by Crippen LogP contribution is -2.14. The second-order valence-corrected chi connectivity index (χ2v) is 10.0. The zero-order valence-corrected chi connectivity index (χ0v) is 19.8. The van der Waals surface area contributed by atoms with Gasteiger partial charge in [-0.3, -0.25) is 13.9 Å². The third-order valence-electron chi connectivity index (χ3n) is 4.67. The van der Waals surface area contributed by atoms with Crippen LogP contribution in [0.1, 0.15) is 17.3 Å². The molecule has 0 aliphatic heterocycles. The van der Waals surface area contributed by atoms with Crippen LogP contribution >= 0.6 is 0 Å². The van der Waals surface area contributed by atoms with Crippen LogP contribution in [0.15, 0.2) is 86.1 Å². The first-order valence-corrected chi connectivity index (χ1v) is 12.5. The minimum Gasteiger partial charge on any atom is -0.510 e. The quantitative estimate of drug-likeness (QED) is 0.128. The molecular weight excluding hydrogens is 518 g/mol. The van der Waals surface area contributed by atoms with Gasteiger partial charge in [0, 0.05) is 11.1 Å². The molecule has 188 valence electrons. The Morgan fingerprint density at radius 1 is 0.889 bits per heavy atom. The number of carboxylic acid groups (broad SMARTS) is 1. The number of aliphatic hydroxyl groups is 1. The maximum Gasteiger partial charge on any atom is 0.337 e. The lowest BCUT2D eigenvalue weighted by atomic mass is 10.1. The summed E-state index contributed by atoms with van der Waals surface area (Å²) < 4.78 is 65.4. The van der Waals surface area contributed by atoms with Gasteiger partial charge in [-0.25, -0.2) is 4.79 Å². The first-order chi connectivity index (χ1) is 16.7. The molecular formula is C21H17N3O10S2. The highest BCUT2D eigenvalue weighted by Gasteiger charge is 2.21. The molecule has 0 unspecified atom stereocenters. The summed E-state index contributed by atoms with van der Waals surface area (Å²) in [5.74, 6) is -2.86. The number of benzene rings is 3. The van der Waals surface area contributed by atoms with Crippen LogP contribution in [0.5, 0.6) is 0 Å². The number of aromatic carboxylic acids is 1. The maximum absolute atomic E-state index is 12.7. The molecule has 3 aromatic carbocycles. The van der Waals surface area contributed by atoms with Gasteiger partial charge in [-0.2, -0.15) is 16.8 Å². The van der Waals surface area contributed by atoms with Gasteiger partial charge in [0.1, 0.15) is 16.3 Å². The smallest absolute Gasteiger partial charge is 0.337 e. The Bertz CT molecular complexity index is 1670. The number of fused-ring (bicyclic) bond motifs is 1. The number of rotatable bonds is 7. The van der Waals surface area contributed by atoms with Crippen LogP contribution in [0.3, 0.4) is 0 Å². The van der Waals surface area contributed by atoms with Gasteiger partial charge in [-0.1, -0.05) is 18.2 Å². The summed E-state index contributed by atoms with van der Waals surface area (Å²) in [6.45, 7) is 1.13. The van der Waals surface area contributed by atoms with Gasteiger partial charge in [0.25, 0.3) is 26.1 Å². The molecule has 1 amide bonds. The highest BCUT2D eigenvalue weighted by Crippen LogP contribution is 2.30. The number of hydrogen-bond donors (Lipinski definition) is 5. The van der Waals surface area contributed by atoms with Crippen LogP contribution in [0.25, 0.3) is 10.8 Å². The molecule has 0 fully saturated rings. The number of amides is 1. The van der Waals surface area contributed by atoms with Gasteiger partial charge in [-0.05, 0) is 48.7 Å². The normalized spacial score (nSPS) is 13.0. The molecule has 0 aromatic heterocycles. The zero-order chi connectivity index (χ0) is 26.8. The van der Waals surface area contributed by atoms with Crippen LogP contribution in [-0.4, -0.2) is 48.0 Å². The van der Waals surface area contributed by atoms with Crippen molar-refractivity contribution in [2.75, 3.05) is 5.32 Å². The van der Waals surface area contributed by atoms with E-state index in [2.05, 4.69) is 15.5 Å². The summed E-state index contributed by atoms with van der Waals surface area (Å²) in [5.41, 5.74) is -0.924. The molecule has 3 aromatic rings. The summed E-state index contributed by atoms with van der Waals surface area (Å²) in [4.78, 5) is 22.4. The maximum atomic E-state index is 12.7. The number of nitrogens with one attached hydrogen (secondary N) is 1. The fourth-order valence-corrected chi connectivity index (χ4v) is 4.40. The molecule has 0 saturated carbocycles. The Morgan fingerprint density at radius 2 is 1.56 bits per heavy atom. The predicted molar refractivity (Wildman–Crippen MR) is 125 cm³/mol. The third-order valence-corrected chi connectivity index (χ3v) is 6.40. The fourth-order valence-electron chi connectivity index (χ4n) is 3.06. The van der Waals surface area contributed by atoms with E-state index in [1.165, 1.54) is 36.4 Å². The number of nitrogens with zero attached hydrogens (tertiary/aromatic N) is 2. The van der Waals surface area contributed by atoms with Crippen molar-refractivity contribution in [2.24, 2.45) is 10.2 Å². The topological polar surface area (TPSA) is 220 Å². The monoisotopic (exact) mass is 535 g/mol. The minimum absolute atomic E-state index is 0.00480. The molecule has 0 saturated heterocycles. The van der Waals surface area contributed by atoms with E-state index in [9.17, 15) is 45.7 Å². The Hall–Kier alpha value is -4.18. The SMILES string of the molecule is C/C(O)=C(/N=Nc1ccccc1C(=O)O)C(=O)Nc1ccc2cc(S(=O)(=O)O)cc(S(=O)(=O)O)c2c1. The van der Waals surface area contributed by atoms with Gasteiger partial charge in [0.2, 0.25) is 0 Å². The molecule has 0 bridgehead atoms. The third kappa shape index (κ3) is 5.89. The largest absolute Gasteiger partial charge is 0.510 e. The zero-order valence-electron chi connectivity index (χ0n) is 18.1. The molecule has 0 aliphatic carbocycles. The number of carboxylic acids is 1. The van der Waals surface area contributed by atoms with Crippen LogP contribution in [-0.2, 0) is 25.0 Å². The van der Waals surface area contributed by atoms with E-state index in [1.54, 1.807) is 0 Å². The average molecular weight is 536 g/mol. The van der Waals surface area contributed by atoms with Crippen molar-refractivity contribution in [1.82, 2.24) is 0 Å². The lowest BCUT2D eigenvalue weighted by molar-refractivity contribution is -0.113. The van der Waals surface area contributed by atoms with E-state index in [1.807, 2.05) is 0 Å². The first kappa shape index (κ1) is 26.4. The highest BCUT2D eigenvalue weighted by atomic mass is 32.2. The van der Waals surface area contributed by atoms with E-state index < -0.39 is 53.4 Å². The number of azo groups is 1. The molecule has 0 spiro atoms. The number of anilines is 1. The van der Waals surface area contributed by atoms with E-state index in [0.717, 1.165) is 19.1 Å². The van der Waals surface area contributed by atoms with E-state index in [4.69, 9.17) is 0 Å². The lowest BCUT2D eigenvalue weighted by Gasteiger charge is -2.10. The van der Waals surface area contributed by atoms with Crippen LogP contribution < -0.4 is 5.32 Å². The van der Waals surface area contributed by atoms with Crippen LogP contribution in [0.2, 0.25) is 0 Å². The van der Waals surface area contributed by atoms with Crippen LogP contribution in [0.4, 0.5) is 11.4 Å². The molecule has 13 nitrogen and oxygen atoms in total. The van der Waals surface area contributed by atoms with Crippen LogP contribution in [0, 0.1) is 0 Å². The summed E-state index contributed by atoms with van der Waals surface area (Å²) in [5, 5.41) is 28.6. The average Bonchev–Trinajstić information content (AvgIpc) is 2.77. The summed E-state index contributed by atoms with van der Waals surface area (Å²) in [6.07, 6.45) is 0. The van der Waals surface area contributed by atoms with Gasteiger partial charge < -0.3 is 15.5 Å². The van der Waals surface area contributed by atoms with Crippen molar-refractivity contribution in [1.29, 1.82) is 0 Å². The second kappa shape index (κ2) is 9.82. The van der Waals surface area contributed by atoms with Gasteiger partial charge >= 0.3 is 5.97 Å². The Labute approximate surface area is 203 Å². The second-order valence-electron chi connectivity index (χ2n) is 7.22. The molecule has 0 atom stereocenters. The summed E-state index contributed by atoms with van der Waals surface area (Å²) in [6, 6.07) is 10.6. The van der Waals surface area contributed by atoms with E-state index >= 15 is 0 Å². The van der Waals surface area contributed by atoms with Crippen molar-refractivity contribution in [3.63, 3.8) is 0 Å². The van der Waals surface area contributed by atoms with Gasteiger partial charge in [0.05, 0.1) is 10.5 Å². The molecule has 3 rings (SSSR count). The summed E-state index contributed by atoms with van der Waals surface area (Å²) >= 11 is 0. The predicted octanol–water partition coefficient (Wildman–Crippen LogP) is 3.54. The molecule has 0 aliphatic rings. The standard InChI is InChI=1S/C21H17N3O10S2/c1-11(25)19(24-23-17-5-3-2-4-15(17)21(27)28)20(26)22-13-7-6-12-8-14(35(29,30)31)10-18(16(12)9-13)36(32,33)34/h2-10,25H,1H3,(H,22,26)(H,27,28)(H,29,30,31)(H,32,33,34)/b19-11-,24-23?. The molecule has 0 radical (unpaired) electrons. The molecule has 0 heterocycles. The molecule has 36 heavy (non-hydrogen) atoms. The van der Waals surface area contributed by atoms with Gasteiger partial charge in [-0.15, -0.1) is 10.2 Å². The number of aliphatic hydroxyl groups excluding tert-OH is 1. The Balaban J connectivity index is 2.01. The summed E-state index contributed by atoms with van der Waals surface area (Å²) in [7, 11) is -9.76. The minimum atomic E-state index is -4.96. The van der Waals surface area contributed by atoms with E-state index in [-0.39, 0.29) is 27.7 Å². The highest BCUT2D eigenvalue weighted by molar-refractivity contribution is 7.86. The molecule has 5 N–H and O–H groups in total. The van der Waals surface area contributed by atoms with Crippen molar-refractivity contribution in [3.8, 4) is 0 Å². The van der Waals surface area contributed by atoms with Crippen molar-refractivity contribution in [3.05, 3.63) is 71.6 Å². The van der Waals surface area contributed by atoms with Crippen molar-refractivity contribution >= 4 is 54.3 Å². The molecule has 15 heteroatoms. The number of hydrogen-bond acceptors (Lipinski definition) is 9. The van der Waals surface area contributed by atoms with E-state index in [0.29, 0.717) is 6.07 Å². The van der Waals surface area contributed by atoms with Crippen molar-refractivity contribution in [2.45, 2.75) is 16.7 Å². The number of carbonyl (C=O) groups excluding carboxylic acids is 1.